The molecular formula is C15H23N3O2S. The average molecular weight is 309 g/mol. The van der Waals surface area contributed by atoms with Crippen molar-refractivity contribution in [2.75, 3.05) is 0 Å². The zero-order valence-corrected chi connectivity index (χ0v) is 14.2. The highest BCUT2D eigenvalue weighted by Gasteiger charge is 2.49. The quantitative estimate of drug-likeness (QED) is 0.910. The van der Waals surface area contributed by atoms with Gasteiger partial charge in [-0.15, -0.1) is 11.3 Å². The van der Waals surface area contributed by atoms with Crippen LogP contribution in [0.3, 0.4) is 0 Å². The topological polar surface area (TPSA) is 62.3 Å². The molecule has 1 saturated heterocycles. The maximum atomic E-state index is 13.0. The second kappa shape index (κ2) is 5.09. The molecule has 2 atom stereocenters. The lowest BCUT2D eigenvalue weighted by atomic mass is 9.82. The molecule has 0 spiro atoms. The Hall–Kier alpha value is -1.43. The monoisotopic (exact) mass is 309 g/mol. The predicted octanol–water partition coefficient (Wildman–Crippen LogP) is 2.14. The van der Waals surface area contributed by atoms with E-state index in [0.717, 1.165) is 5.01 Å². The number of carbonyl (C=O) groups is 2. The number of nitrogens with zero attached hydrogens (tertiary/aromatic N) is 2. The minimum atomic E-state index is -0.605. The van der Waals surface area contributed by atoms with Crippen LogP contribution in [0.4, 0.5) is 0 Å². The van der Waals surface area contributed by atoms with Gasteiger partial charge in [0, 0.05) is 11.6 Å². The Balaban J connectivity index is 2.44. The van der Waals surface area contributed by atoms with E-state index in [1.807, 2.05) is 40.0 Å². The highest BCUT2D eigenvalue weighted by molar-refractivity contribution is 7.09. The molecule has 2 amide bonds. The van der Waals surface area contributed by atoms with Gasteiger partial charge < -0.3 is 10.2 Å². The summed E-state index contributed by atoms with van der Waals surface area (Å²) in [6.45, 7) is 11.5. The van der Waals surface area contributed by atoms with Crippen LogP contribution in [-0.4, -0.2) is 33.8 Å². The molecule has 2 rings (SSSR count). The van der Waals surface area contributed by atoms with E-state index < -0.39 is 17.6 Å². The van der Waals surface area contributed by atoms with E-state index in [-0.39, 0.29) is 17.2 Å². The van der Waals surface area contributed by atoms with Crippen LogP contribution in [0, 0.1) is 5.41 Å². The first-order valence-corrected chi connectivity index (χ1v) is 7.98. The Morgan fingerprint density at radius 3 is 2.33 bits per heavy atom. The number of hydrogen-bond acceptors (Lipinski definition) is 4. The molecule has 1 fully saturated rings. The first-order valence-electron chi connectivity index (χ1n) is 7.10. The molecule has 1 aromatic rings. The van der Waals surface area contributed by atoms with Gasteiger partial charge >= 0.3 is 0 Å². The summed E-state index contributed by atoms with van der Waals surface area (Å²) in [6, 6.07) is -1.02. The van der Waals surface area contributed by atoms with E-state index in [9.17, 15) is 9.59 Å². The lowest BCUT2D eigenvalue weighted by Crippen LogP contribution is -2.69. The predicted molar refractivity (Wildman–Crippen MR) is 82.8 cm³/mol. The Kier molecular flexibility index (Phi) is 3.86. The highest BCUT2D eigenvalue weighted by Crippen LogP contribution is 2.35. The average Bonchev–Trinajstić information content (AvgIpc) is 2.86. The van der Waals surface area contributed by atoms with E-state index in [2.05, 4.69) is 10.3 Å². The van der Waals surface area contributed by atoms with Crippen LogP contribution in [0.25, 0.3) is 0 Å². The smallest absolute Gasteiger partial charge is 0.247 e. The summed E-state index contributed by atoms with van der Waals surface area (Å²) in [4.78, 5) is 31.3. The standard InChI is InChI=1S/C15H23N3O2S/c1-9-11(19)17-10(14(2,3)4)12(20)18(9)15(5,6)13-16-7-8-21-13/h7-10H,1-6H3,(H,17,19). The summed E-state index contributed by atoms with van der Waals surface area (Å²) in [6.07, 6.45) is 1.72. The number of amides is 2. The molecule has 1 N–H and O–H groups in total. The van der Waals surface area contributed by atoms with Gasteiger partial charge in [-0.25, -0.2) is 4.98 Å². The first-order chi connectivity index (χ1) is 9.56. The van der Waals surface area contributed by atoms with E-state index in [1.165, 1.54) is 11.3 Å². The van der Waals surface area contributed by atoms with Crippen molar-refractivity contribution in [3.05, 3.63) is 16.6 Å². The van der Waals surface area contributed by atoms with E-state index in [0.29, 0.717) is 0 Å². The Morgan fingerprint density at radius 2 is 1.86 bits per heavy atom. The molecule has 1 aliphatic heterocycles. The molecule has 0 radical (unpaired) electrons. The van der Waals surface area contributed by atoms with Crippen LogP contribution < -0.4 is 5.32 Å². The zero-order chi connectivity index (χ0) is 16.0. The van der Waals surface area contributed by atoms with Crippen molar-refractivity contribution in [1.29, 1.82) is 0 Å². The molecular weight excluding hydrogens is 286 g/mol. The maximum Gasteiger partial charge on any atom is 0.247 e. The van der Waals surface area contributed by atoms with E-state index >= 15 is 0 Å². The number of thiazole rings is 1. The van der Waals surface area contributed by atoms with Crippen LogP contribution in [0.2, 0.25) is 0 Å². The summed E-state index contributed by atoms with van der Waals surface area (Å²) < 4.78 is 0. The van der Waals surface area contributed by atoms with Gasteiger partial charge in [0.15, 0.2) is 0 Å². The second-order valence-corrected chi connectivity index (χ2v) is 7.98. The third-order valence-corrected chi connectivity index (χ3v) is 5.05. The summed E-state index contributed by atoms with van der Waals surface area (Å²) >= 11 is 1.50. The van der Waals surface area contributed by atoms with Crippen molar-refractivity contribution < 1.29 is 9.59 Å². The van der Waals surface area contributed by atoms with Crippen molar-refractivity contribution in [3.63, 3.8) is 0 Å². The number of rotatable bonds is 2. The van der Waals surface area contributed by atoms with E-state index in [1.54, 1.807) is 18.0 Å². The third-order valence-electron chi connectivity index (χ3n) is 3.96. The summed E-state index contributed by atoms with van der Waals surface area (Å²) in [5.41, 5.74) is -0.935. The fourth-order valence-electron chi connectivity index (χ4n) is 2.75. The minimum Gasteiger partial charge on any atom is -0.342 e. The molecule has 5 nitrogen and oxygen atoms in total. The second-order valence-electron chi connectivity index (χ2n) is 7.09. The molecule has 0 bridgehead atoms. The zero-order valence-electron chi connectivity index (χ0n) is 13.4. The molecule has 116 valence electrons. The number of piperazine rings is 1. The summed E-state index contributed by atoms with van der Waals surface area (Å²) in [7, 11) is 0. The van der Waals surface area contributed by atoms with Crippen molar-refractivity contribution in [2.24, 2.45) is 5.41 Å². The van der Waals surface area contributed by atoms with Gasteiger partial charge in [-0.3, -0.25) is 9.59 Å². The largest absolute Gasteiger partial charge is 0.342 e. The third kappa shape index (κ3) is 2.69. The van der Waals surface area contributed by atoms with Crippen molar-refractivity contribution in [2.45, 2.75) is 59.2 Å². The van der Waals surface area contributed by atoms with Gasteiger partial charge in [-0.05, 0) is 26.2 Å². The molecule has 2 unspecified atom stereocenters. The van der Waals surface area contributed by atoms with Crippen molar-refractivity contribution >= 4 is 23.2 Å². The molecule has 2 heterocycles. The number of hydrogen-bond donors (Lipinski definition) is 1. The van der Waals surface area contributed by atoms with Crippen LogP contribution in [0.5, 0.6) is 0 Å². The molecule has 0 saturated carbocycles. The van der Waals surface area contributed by atoms with Gasteiger partial charge in [-0.2, -0.15) is 0 Å². The van der Waals surface area contributed by atoms with Crippen molar-refractivity contribution in [3.8, 4) is 0 Å². The van der Waals surface area contributed by atoms with Crippen molar-refractivity contribution in [1.82, 2.24) is 15.2 Å². The highest BCUT2D eigenvalue weighted by atomic mass is 32.1. The summed E-state index contributed by atoms with van der Waals surface area (Å²) in [5.74, 6) is -0.158. The molecule has 0 aromatic carbocycles. The van der Waals surface area contributed by atoms with Gasteiger partial charge in [0.25, 0.3) is 0 Å². The minimum absolute atomic E-state index is 0.0465. The molecule has 1 aromatic heterocycles. The molecule has 1 aliphatic rings. The van der Waals surface area contributed by atoms with Gasteiger partial charge in [-0.1, -0.05) is 20.8 Å². The summed E-state index contributed by atoms with van der Waals surface area (Å²) in [5, 5.41) is 5.58. The molecule has 6 heteroatoms. The Labute approximate surface area is 129 Å². The normalized spacial score (nSPS) is 24.2. The molecule has 21 heavy (non-hydrogen) atoms. The SMILES string of the molecule is CC1C(=O)NC(C(C)(C)C)C(=O)N1C(C)(C)c1nccs1. The maximum absolute atomic E-state index is 13.0. The van der Waals surface area contributed by atoms with E-state index in [4.69, 9.17) is 0 Å². The van der Waals surface area contributed by atoms with Crippen LogP contribution in [0.15, 0.2) is 11.6 Å². The Morgan fingerprint density at radius 1 is 1.24 bits per heavy atom. The lowest BCUT2D eigenvalue weighted by molar-refractivity contribution is -0.158. The van der Waals surface area contributed by atoms with Crippen LogP contribution in [-0.2, 0) is 15.1 Å². The Bertz CT molecular complexity index is 546. The fraction of sp³-hybridized carbons (Fsp3) is 0.667. The number of carbonyl (C=O) groups excluding carboxylic acids is 2. The fourth-order valence-corrected chi connectivity index (χ4v) is 3.51. The van der Waals surface area contributed by atoms with Gasteiger partial charge in [0.1, 0.15) is 17.1 Å². The van der Waals surface area contributed by atoms with Crippen LogP contribution >= 0.6 is 11.3 Å². The van der Waals surface area contributed by atoms with Gasteiger partial charge in [0.05, 0.1) is 5.54 Å². The van der Waals surface area contributed by atoms with Crippen LogP contribution in [0.1, 0.15) is 46.6 Å². The first kappa shape index (κ1) is 15.9. The number of nitrogens with one attached hydrogen (secondary N) is 1. The number of aromatic nitrogens is 1. The lowest BCUT2D eigenvalue weighted by Gasteiger charge is -2.48. The molecule has 0 aliphatic carbocycles. The van der Waals surface area contributed by atoms with Gasteiger partial charge in [0.2, 0.25) is 11.8 Å².